The number of hydrogen-bond donors (Lipinski definition) is 0. The van der Waals surface area contributed by atoms with E-state index in [2.05, 4.69) is 0 Å². The van der Waals surface area contributed by atoms with Crippen molar-refractivity contribution in [1.29, 1.82) is 0 Å². The highest BCUT2D eigenvalue weighted by Gasteiger charge is 2.21. The van der Waals surface area contributed by atoms with E-state index in [4.69, 9.17) is 8.92 Å². The Morgan fingerprint density at radius 3 is 1.72 bits per heavy atom. The molecule has 0 radical (unpaired) electrons. The fourth-order valence-corrected chi connectivity index (χ4v) is 4.05. The maximum absolute atomic E-state index is 12.9. The summed E-state index contributed by atoms with van der Waals surface area (Å²) in [5.74, 6) is 1.50. The Morgan fingerprint density at radius 1 is 0.517 bits per heavy atom. The highest BCUT2D eigenvalue weighted by Crippen LogP contribution is 2.30. The van der Waals surface area contributed by atoms with Gasteiger partial charge in [0.25, 0.3) is 0 Å². The summed E-state index contributed by atoms with van der Waals surface area (Å²) in [6.07, 6.45) is 0. The fourth-order valence-electron chi connectivity index (χ4n) is 2.90. The Balaban J connectivity index is 1.57. The second kappa shape index (κ2) is 8.20. The SMILES string of the molecule is O=S(=O)(Oc1ccc(Oc2ccccc2)cc1)c1ccccc1-c1ccccc1. The Kier molecular flexibility index (Phi) is 5.31. The maximum Gasteiger partial charge on any atom is 0.339 e. The first-order chi connectivity index (χ1) is 14.1. The molecule has 0 N–H and O–H groups in total. The maximum atomic E-state index is 12.9. The van der Waals surface area contributed by atoms with Crippen molar-refractivity contribution in [3.05, 3.63) is 109 Å². The van der Waals surface area contributed by atoms with Crippen molar-refractivity contribution >= 4 is 10.1 Å². The van der Waals surface area contributed by atoms with Crippen molar-refractivity contribution in [2.75, 3.05) is 0 Å². The number of ether oxygens (including phenoxy) is 1. The first-order valence-electron chi connectivity index (χ1n) is 9.04. The van der Waals surface area contributed by atoms with Gasteiger partial charge in [0.1, 0.15) is 22.1 Å². The van der Waals surface area contributed by atoms with Gasteiger partial charge in [-0.3, -0.25) is 0 Å². The summed E-state index contributed by atoms with van der Waals surface area (Å²) in [4.78, 5) is 0.121. The molecule has 0 unspecified atom stereocenters. The summed E-state index contributed by atoms with van der Waals surface area (Å²) in [6, 6.07) is 32.0. The Bertz CT molecular complexity index is 1190. The van der Waals surface area contributed by atoms with Crippen molar-refractivity contribution in [2.24, 2.45) is 0 Å². The predicted octanol–water partition coefficient (Wildman–Crippen LogP) is 5.91. The smallest absolute Gasteiger partial charge is 0.339 e. The van der Waals surface area contributed by atoms with E-state index >= 15 is 0 Å². The fraction of sp³-hybridized carbons (Fsp3) is 0. The zero-order valence-corrected chi connectivity index (χ0v) is 16.3. The van der Waals surface area contributed by atoms with Crippen LogP contribution in [0.2, 0.25) is 0 Å². The molecule has 4 aromatic rings. The molecule has 29 heavy (non-hydrogen) atoms. The van der Waals surface area contributed by atoms with Crippen LogP contribution >= 0.6 is 0 Å². The monoisotopic (exact) mass is 402 g/mol. The van der Waals surface area contributed by atoms with Gasteiger partial charge >= 0.3 is 10.1 Å². The molecule has 0 aliphatic heterocycles. The van der Waals surface area contributed by atoms with Gasteiger partial charge in [0, 0.05) is 5.56 Å². The first kappa shape index (κ1) is 18.8. The van der Waals surface area contributed by atoms with Crippen molar-refractivity contribution in [3.8, 4) is 28.4 Å². The zero-order chi connectivity index (χ0) is 20.1. The highest BCUT2D eigenvalue weighted by atomic mass is 32.2. The molecule has 5 heteroatoms. The van der Waals surface area contributed by atoms with Crippen LogP contribution in [0.4, 0.5) is 0 Å². The number of rotatable bonds is 6. The van der Waals surface area contributed by atoms with E-state index in [9.17, 15) is 8.42 Å². The van der Waals surface area contributed by atoms with Crippen LogP contribution in [0.25, 0.3) is 11.1 Å². The van der Waals surface area contributed by atoms with Gasteiger partial charge in [0.15, 0.2) is 0 Å². The average Bonchev–Trinajstić information content (AvgIpc) is 2.76. The second-order valence-corrected chi connectivity index (χ2v) is 7.80. The van der Waals surface area contributed by atoms with Crippen LogP contribution in [0.1, 0.15) is 0 Å². The minimum absolute atomic E-state index is 0.121. The molecule has 4 aromatic carbocycles. The summed E-state index contributed by atoms with van der Waals surface area (Å²) in [6.45, 7) is 0. The van der Waals surface area contributed by atoms with E-state index in [0.717, 1.165) is 5.56 Å². The van der Waals surface area contributed by atoms with E-state index in [1.54, 1.807) is 48.5 Å². The Morgan fingerprint density at radius 2 is 1.03 bits per heavy atom. The number of hydrogen-bond acceptors (Lipinski definition) is 4. The Labute approximate surface area is 170 Å². The van der Waals surface area contributed by atoms with E-state index in [1.165, 1.54) is 0 Å². The van der Waals surface area contributed by atoms with Crippen molar-refractivity contribution in [2.45, 2.75) is 4.90 Å². The van der Waals surface area contributed by atoms with Gasteiger partial charge in [-0.2, -0.15) is 8.42 Å². The van der Waals surface area contributed by atoms with Crippen LogP contribution in [0.5, 0.6) is 17.2 Å². The van der Waals surface area contributed by atoms with E-state index in [0.29, 0.717) is 17.1 Å². The van der Waals surface area contributed by atoms with Gasteiger partial charge in [-0.1, -0.05) is 66.7 Å². The van der Waals surface area contributed by atoms with E-state index in [1.807, 2.05) is 60.7 Å². The van der Waals surface area contributed by atoms with Crippen LogP contribution in [0.3, 0.4) is 0 Å². The normalized spacial score (nSPS) is 11.0. The van der Waals surface area contributed by atoms with Gasteiger partial charge in [0.2, 0.25) is 0 Å². The number of para-hydroxylation sites is 1. The molecule has 4 nitrogen and oxygen atoms in total. The summed E-state index contributed by atoms with van der Waals surface area (Å²) < 4.78 is 36.9. The second-order valence-electron chi connectivity index (χ2n) is 6.29. The quantitative estimate of drug-likeness (QED) is 0.376. The molecule has 144 valence electrons. The lowest BCUT2D eigenvalue weighted by molar-refractivity contribution is 0.474. The average molecular weight is 402 g/mol. The standard InChI is InChI=1S/C24H18O4S/c25-29(26,24-14-8-7-13-23(24)19-9-3-1-4-10-19)28-22-17-15-21(16-18-22)27-20-11-5-2-6-12-20/h1-18H. The summed E-state index contributed by atoms with van der Waals surface area (Å²) >= 11 is 0. The van der Waals surface area contributed by atoms with Gasteiger partial charge in [-0.15, -0.1) is 0 Å². The topological polar surface area (TPSA) is 52.6 Å². The molecule has 0 aliphatic rings. The minimum atomic E-state index is -4.00. The molecule has 0 saturated heterocycles. The summed E-state index contributed by atoms with van der Waals surface area (Å²) in [7, 11) is -4.00. The van der Waals surface area contributed by atoms with Crippen molar-refractivity contribution in [3.63, 3.8) is 0 Å². The molecule has 0 heterocycles. The van der Waals surface area contributed by atoms with Crippen LogP contribution in [0.15, 0.2) is 114 Å². The minimum Gasteiger partial charge on any atom is -0.457 e. The van der Waals surface area contributed by atoms with E-state index < -0.39 is 10.1 Å². The first-order valence-corrected chi connectivity index (χ1v) is 10.4. The largest absolute Gasteiger partial charge is 0.457 e. The predicted molar refractivity (Wildman–Crippen MR) is 113 cm³/mol. The molecule has 0 amide bonds. The summed E-state index contributed by atoms with van der Waals surface area (Å²) in [5.41, 5.74) is 1.40. The third-order valence-corrected chi connectivity index (χ3v) is 5.56. The molecular weight excluding hydrogens is 384 g/mol. The molecule has 0 aliphatic carbocycles. The summed E-state index contributed by atoms with van der Waals surface area (Å²) in [5, 5.41) is 0. The molecule has 0 saturated carbocycles. The molecule has 0 fully saturated rings. The lowest BCUT2D eigenvalue weighted by Gasteiger charge is -2.12. The van der Waals surface area contributed by atoms with Crippen molar-refractivity contribution in [1.82, 2.24) is 0 Å². The van der Waals surface area contributed by atoms with Gasteiger partial charge < -0.3 is 8.92 Å². The molecule has 0 atom stereocenters. The molecule has 0 aromatic heterocycles. The third kappa shape index (κ3) is 4.47. The lowest BCUT2D eigenvalue weighted by Crippen LogP contribution is -2.11. The highest BCUT2D eigenvalue weighted by molar-refractivity contribution is 7.87. The molecular formula is C24H18O4S. The lowest BCUT2D eigenvalue weighted by atomic mass is 10.1. The zero-order valence-electron chi connectivity index (χ0n) is 15.4. The van der Waals surface area contributed by atoms with Crippen LogP contribution in [0, 0.1) is 0 Å². The molecule has 4 rings (SSSR count). The van der Waals surface area contributed by atoms with Gasteiger partial charge in [0.05, 0.1) is 0 Å². The van der Waals surface area contributed by atoms with Gasteiger partial charge in [-0.25, -0.2) is 0 Å². The van der Waals surface area contributed by atoms with Crippen LogP contribution < -0.4 is 8.92 Å². The third-order valence-electron chi connectivity index (χ3n) is 4.25. The van der Waals surface area contributed by atoms with Crippen LogP contribution in [-0.4, -0.2) is 8.42 Å². The van der Waals surface area contributed by atoms with E-state index in [-0.39, 0.29) is 10.6 Å². The molecule has 0 bridgehead atoms. The number of benzene rings is 4. The molecule has 0 spiro atoms. The van der Waals surface area contributed by atoms with Crippen LogP contribution in [-0.2, 0) is 10.1 Å². The van der Waals surface area contributed by atoms with Crippen molar-refractivity contribution < 1.29 is 17.3 Å². The Hall–Kier alpha value is -3.57. The van der Waals surface area contributed by atoms with Gasteiger partial charge in [-0.05, 0) is 48.0 Å².